The molecule has 1 N–H and O–H groups in total. The van der Waals surface area contributed by atoms with E-state index in [-0.39, 0.29) is 0 Å². The predicted octanol–water partition coefficient (Wildman–Crippen LogP) is 6.32. The van der Waals surface area contributed by atoms with Crippen LogP contribution in [-0.4, -0.2) is 6.54 Å². The highest BCUT2D eigenvalue weighted by Gasteiger charge is 2.14. The second-order valence-electron chi connectivity index (χ2n) is 4.62. The molecule has 1 aromatic carbocycles. The summed E-state index contributed by atoms with van der Waals surface area (Å²) in [5.74, 6) is 0. The van der Waals surface area contributed by atoms with Crippen molar-refractivity contribution in [3.8, 4) is 0 Å². The predicted molar refractivity (Wildman–Crippen MR) is 98.6 cm³/mol. The monoisotopic (exact) mass is 479 g/mol. The second kappa shape index (κ2) is 8.08. The molecule has 20 heavy (non-hydrogen) atoms. The van der Waals surface area contributed by atoms with Crippen LogP contribution in [0.2, 0.25) is 0 Å². The lowest BCUT2D eigenvalue weighted by molar-refractivity contribution is 0.532. The van der Waals surface area contributed by atoms with Gasteiger partial charge in [0.05, 0.1) is 3.79 Å². The molecular weight excluding hydrogens is 466 g/mol. The first-order valence-corrected chi connectivity index (χ1v) is 9.71. The van der Waals surface area contributed by atoms with E-state index in [4.69, 9.17) is 0 Å². The molecule has 0 aliphatic carbocycles. The molecule has 5 heteroatoms. The Bertz CT molecular complexity index is 548. The normalized spacial score (nSPS) is 12.6. The van der Waals surface area contributed by atoms with Crippen molar-refractivity contribution in [1.82, 2.24) is 5.32 Å². The standard InChI is InChI=1S/C15H16Br3NS/c1-2-5-19-14(9-13-3-4-15(18)20-13)10-6-11(16)8-12(17)7-10/h3-4,6-8,14,19H,2,5,9H2,1H3. The van der Waals surface area contributed by atoms with Crippen molar-refractivity contribution in [2.75, 3.05) is 6.54 Å². The molecule has 1 heterocycles. The molecule has 1 aromatic heterocycles. The lowest BCUT2D eigenvalue weighted by atomic mass is 10.0. The maximum atomic E-state index is 3.65. The highest BCUT2D eigenvalue weighted by Crippen LogP contribution is 2.29. The van der Waals surface area contributed by atoms with Gasteiger partial charge in [0.25, 0.3) is 0 Å². The molecule has 0 aliphatic heterocycles. The maximum Gasteiger partial charge on any atom is 0.0701 e. The number of benzene rings is 1. The Morgan fingerprint density at radius 1 is 1.10 bits per heavy atom. The minimum atomic E-state index is 0.342. The molecule has 108 valence electrons. The highest BCUT2D eigenvalue weighted by molar-refractivity contribution is 9.11. The van der Waals surface area contributed by atoms with Crippen molar-refractivity contribution < 1.29 is 0 Å². The van der Waals surface area contributed by atoms with Gasteiger partial charge in [-0.25, -0.2) is 0 Å². The summed E-state index contributed by atoms with van der Waals surface area (Å²) in [5.41, 5.74) is 1.31. The molecule has 0 bridgehead atoms. The minimum absolute atomic E-state index is 0.342. The largest absolute Gasteiger partial charge is 0.310 e. The van der Waals surface area contributed by atoms with Crippen LogP contribution in [0.3, 0.4) is 0 Å². The third kappa shape index (κ3) is 4.95. The minimum Gasteiger partial charge on any atom is -0.310 e. The number of nitrogens with one attached hydrogen (secondary N) is 1. The van der Waals surface area contributed by atoms with Crippen LogP contribution >= 0.6 is 59.1 Å². The summed E-state index contributed by atoms with van der Waals surface area (Å²) in [4.78, 5) is 1.39. The molecule has 0 spiro atoms. The van der Waals surface area contributed by atoms with Gasteiger partial charge in [0.1, 0.15) is 0 Å². The molecule has 0 aliphatic rings. The fraction of sp³-hybridized carbons (Fsp3) is 0.333. The molecule has 2 aromatic rings. The average molecular weight is 482 g/mol. The Labute approximate surface area is 149 Å². The molecule has 0 amide bonds. The van der Waals surface area contributed by atoms with E-state index in [1.54, 1.807) is 11.3 Å². The zero-order valence-electron chi connectivity index (χ0n) is 11.1. The van der Waals surface area contributed by atoms with Crippen molar-refractivity contribution in [2.24, 2.45) is 0 Å². The first-order chi connectivity index (χ1) is 9.58. The quantitative estimate of drug-likeness (QED) is 0.509. The number of hydrogen-bond acceptors (Lipinski definition) is 2. The van der Waals surface area contributed by atoms with Gasteiger partial charge in [0.2, 0.25) is 0 Å². The number of thiophene rings is 1. The second-order valence-corrected chi connectivity index (χ2v) is 9.00. The van der Waals surface area contributed by atoms with Gasteiger partial charge in [-0.2, -0.15) is 0 Å². The van der Waals surface area contributed by atoms with Gasteiger partial charge in [-0.1, -0.05) is 38.8 Å². The van der Waals surface area contributed by atoms with Gasteiger partial charge in [0, 0.05) is 26.3 Å². The number of hydrogen-bond donors (Lipinski definition) is 1. The van der Waals surface area contributed by atoms with E-state index >= 15 is 0 Å². The SMILES string of the molecule is CCCNC(Cc1ccc(Br)s1)c1cc(Br)cc(Br)c1. The summed E-state index contributed by atoms with van der Waals surface area (Å²) in [6, 6.07) is 11.1. The van der Waals surface area contributed by atoms with E-state index in [0.29, 0.717) is 6.04 Å². The maximum absolute atomic E-state index is 3.65. The topological polar surface area (TPSA) is 12.0 Å². The van der Waals surface area contributed by atoms with Gasteiger partial charge in [-0.15, -0.1) is 11.3 Å². The molecular formula is C15H16Br3NS. The van der Waals surface area contributed by atoms with Gasteiger partial charge < -0.3 is 5.32 Å². The first-order valence-electron chi connectivity index (χ1n) is 6.52. The fourth-order valence-corrected chi connectivity index (χ4v) is 4.92. The van der Waals surface area contributed by atoms with Crippen LogP contribution in [0.25, 0.3) is 0 Å². The van der Waals surface area contributed by atoms with Crippen molar-refractivity contribution >= 4 is 59.1 Å². The van der Waals surface area contributed by atoms with E-state index < -0.39 is 0 Å². The van der Waals surface area contributed by atoms with E-state index in [0.717, 1.165) is 28.3 Å². The van der Waals surface area contributed by atoms with Crippen LogP contribution in [0.15, 0.2) is 43.1 Å². The fourth-order valence-electron chi connectivity index (χ4n) is 2.07. The zero-order chi connectivity index (χ0) is 14.5. The van der Waals surface area contributed by atoms with Crippen LogP contribution in [0.1, 0.15) is 29.8 Å². The van der Waals surface area contributed by atoms with Gasteiger partial charge in [-0.3, -0.25) is 0 Å². The Morgan fingerprint density at radius 2 is 1.80 bits per heavy atom. The summed E-state index contributed by atoms with van der Waals surface area (Å²) in [6.07, 6.45) is 2.15. The molecule has 1 unspecified atom stereocenters. The molecule has 0 radical (unpaired) electrons. The Balaban J connectivity index is 2.21. The Hall–Kier alpha value is 0.320. The summed E-state index contributed by atoms with van der Waals surface area (Å²) in [6.45, 7) is 3.23. The first kappa shape index (κ1) is 16.7. The van der Waals surface area contributed by atoms with Gasteiger partial charge in [0.15, 0.2) is 0 Å². The van der Waals surface area contributed by atoms with Gasteiger partial charge in [-0.05, 0) is 64.8 Å². The zero-order valence-corrected chi connectivity index (χ0v) is 16.7. The van der Waals surface area contributed by atoms with Crippen LogP contribution < -0.4 is 5.32 Å². The van der Waals surface area contributed by atoms with Crippen LogP contribution in [-0.2, 0) is 6.42 Å². The van der Waals surface area contributed by atoms with Crippen molar-refractivity contribution in [2.45, 2.75) is 25.8 Å². The van der Waals surface area contributed by atoms with E-state index in [9.17, 15) is 0 Å². The number of rotatable bonds is 6. The van der Waals surface area contributed by atoms with E-state index in [1.807, 2.05) is 0 Å². The Morgan fingerprint density at radius 3 is 2.35 bits per heavy atom. The highest BCUT2D eigenvalue weighted by atomic mass is 79.9. The third-order valence-electron chi connectivity index (χ3n) is 2.96. The van der Waals surface area contributed by atoms with Gasteiger partial charge >= 0.3 is 0 Å². The molecule has 2 rings (SSSR count). The summed E-state index contributed by atoms with van der Waals surface area (Å²) >= 11 is 12.5. The Kier molecular flexibility index (Phi) is 6.75. The van der Waals surface area contributed by atoms with Crippen molar-refractivity contribution in [3.63, 3.8) is 0 Å². The van der Waals surface area contributed by atoms with E-state index in [2.05, 4.69) is 90.4 Å². The lowest BCUT2D eigenvalue weighted by Crippen LogP contribution is -2.23. The van der Waals surface area contributed by atoms with E-state index in [1.165, 1.54) is 14.2 Å². The molecule has 1 atom stereocenters. The molecule has 0 saturated heterocycles. The summed E-state index contributed by atoms with van der Waals surface area (Å²) in [5, 5.41) is 3.65. The lowest BCUT2D eigenvalue weighted by Gasteiger charge is -2.19. The van der Waals surface area contributed by atoms with Crippen LogP contribution in [0.5, 0.6) is 0 Å². The average Bonchev–Trinajstić information content (AvgIpc) is 2.79. The molecule has 0 saturated carbocycles. The summed E-state index contributed by atoms with van der Waals surface area (Å²) < 4.78 is 3.41. The molecule has 1 nitrogen and oxygen atoms in total. The van der Waals surface area contributed by atoms with Crippen molar-refractivity contribution in [3.05, 3.63) is 53.5 Å². The van der Waals surface area contributed by atoms with Crippen LogP contribution in [0.4, 0.5) is 0 Å². The smallest absolute Gasteiger partial charge is 0.0701 e. The number of halogens is 3. The third-order valence-corrected chi connectivity index (χ3v) is 5.52. The van der Waals surface area contributed by atoms with Crippen LogP contribution in [0, 0.1) is 0 Å². The molecule has 0 fully saturated rings. The summed E-state index contributed by atoms with van der Waals surface area (Å²) in [7, 11) is 0. The van der Waals surface area contributed by atoms with Crippen molar-refractivity contribution in [1.29, 1.82) is 0 Å².